The standard InChI is InChI=1S/C13H24N2O.ClH/c1-13(2)6-3-7-14-11(13)9-15-12(16)8-10-4-5-10;/h10-11,14H,3-9H2,1-2H3,(H,15,16);1H. The van der Waals surface area contributed by atoms with Crippen molar-refractivity contribution in [2.75, 3.05) is 13.1 Å². The second-order valence-electron chi connectivity index (χ2n) is 6.05. The number of carbonyl (C=O) groups is 1. The topological polar surface area (TPSA) is 41.1 Å². The molecule has 0 aromatic rings. The van der Waals surface area contributed by atoms with E-state index in [1.165, 1.54) is 25.7 Å². The van der Waals surface area contributed by atoms with E-state index in [-0.39, 0.29) is 18.3 Å². The molecule has 0 bridgehead atoms. The fraction of sp³-hybridized carbons (Fsp3) is 0.923. The number of hydrogen-bond acceptors (Lipinski definition) is 2. The quantitative estimate of drug-likeness (QED) is 0.813. The van der Waals surface area contributed by atoms with Gasteiger partial charge in [0, 0.05) is 19.0 Å². The first kappa shape index (κ1) is 14.8. The first-order valence-corrected chi connectivity index (χ1v) is 6.58. The molecule has 1 saturated heterocycles. The number of nitrogens with one attached hydrogen (secondary N) is 2. The molecule has 100 valence electrons. The molecule has 1 heterocycles. The Morgan fingerprint density at radius 3 is 2.71 bits per heavy atom. The molecule has 2 N–H and O–H groups in total. The number of amides is 1. The van der Waals surface area contributed by atoms with Crippen LogP contribution in [0.3, 0.4) is 0 Å². The number of piperidine rings is 1. The molecule has 1 amide bonds. The lowest BCUT2D eigenvalue weighted by atomic mass is 9.77. The lowest BCUT2D eigenvalue weighted by Gasteiger charge is -2.39. The minimum Gasteiger partial charge on any atom is -0.355 e. The van der Waals surface area contributed by atoms with E-state index in [0.29, 0.717) is 17.4 Å². The van der Waals surface area contributed by atoms with Gasteiger partial charge in [0.15, 0.2) is 0 Å². The molecule has 1 unspecified atom stereocenters. The van der Waals surface area contributed by atoms with Crippen LogP contribution in [0.2, 0.25) is 0 Å². The molecule has 0 radical (unpaired) electrons. The zero-order valence-corrected chi connectivity index (χ0v) is 11.7. The van der Waals surface area contributed by atoms with Gasteiger partial charge in [-0.05, 0) is 43.6 Å². The second kappa shape index (κ2) is 6.05. The van der Waals surface area contributed by atoms with Crippen molar-refractivity contribution in [2.45, 2.75) is 52.0 Å². The number of carbonyl (C=O) groups excluding carboxylic acids is 1. The summed E-state index contributed by atoms with van der Waals surface area (Å²) in [6, 6.07) is 0.435. The first-order valence-electron chi connectivity index (χ1n) is 6.58. The van der Waals surface area contributed by atoms with E-state index in [2.05, 4.69) is 24.5 Å². The van der Waals surface area contributed by atoms with Gasteiger partial charge in [-0.2, -0.15) is 0 Å². The lowest BCUT2D eigenvalue weighted by Crippen LogP contribution is -2.52. The molecule has 0 aromatic carbocycles. The third kappa shape index (κ3) is 4.47. The SMILES string of the molecule is CC1(C)CCCNC1CNC(=O)CC1CC1.Cl. The van der Waals surface area contributed by atoms with Crippen molar-refractivity contribution in [3.05, 3.63) is 0 Å². The highest BCUT2D eigenvalue weighted by atomic mass is 35.5. The van der Waals surface area contributed by atoms with Gasteiger partial charge in [0.2, 0.25) is 5.91 Å². The fourth-order valence-electron chi connectivity index (χ4n) is 2.49. The van der Waals surface area contributed by atoms with E-state index in [4.69, 9.17) is 0 Å². The zero-order valence-electron chi connectivity index (χ0n) is 10.9. The van der Waals surface area contributed by atoms with Crippen LogP contribution in [0.1, 0.15) is 46.0 Å². The van der Waals surface area contributed by atoms with Crippen LogP contribution in [0, 0.1) is 11.3 Å². The maximum absolute atomic E-state index is 11.6. The van der Waals surface area contributed by atoms with Gasteiger partial charge >= 0.3 is 0 Å². The fourth-order valence-corrected chi connectivity index (χ4v) is 2.49. The van der Waals surface area contributed by atoms with E-state index in [0.717, 1.165) is 19.5 Å². The predicted octanol–water partition coefficient (Wildman–Crippen LogP) is 2.10. The van der Waals surface area contributed by atoms with E-state index in [9.17, 15) is 4.79 Å². The van der Waals surface area contributed by atoms with Gasteiger partial charge in [0.1, 0.15) is 0 Å². The third-order valence-electron chi connectivity index (χ3n) is 4.01. The van der Waals surface area contributed by atoms with Crippen LogP contribution in [-0.2, 0) is 4.79 Å². The van der Waals surface area contributed by atoms with Crippen molar-refractivity contribution >= 4 is 18.3 Å². The van der Waals surface area contributed by atoms with Crippen molar-refractivity contribution in [3.63, 3.8) is 0 Å². The zero-order chi connectivity index (χ0) is 11.6. The molecule has 1 saturated carbocycles. The van der Waals surface area contributed by atoms with Crippen molar-refractivity contribution in [1.29, 1.82) is 0 Å². The van der Waals surface area contributed by atoms with Crippen LogP contribution < -0.4 is 10.6 Å². The van der Waals surface area contributed by atoms with Gasteiger partial charge in [-0.3, -0.25) is 4.79 Å². The average Bonchev–Trinajstić information content (AvgIpc) is 2.99. The average molecular weight is 261 g/mol. The highest BCUT2D eigenvalue weighted by Gasteiger charge is 2.32. The number of hydrogen-bond donors (Lipinski definition) is 2. The minimum absolute atomic E-state index is 0. The molecule has 4 heteroatoms. The molecular formula is C13H25ClN2O. The molecule has 0 spiro atoms. The van der Waals surface area contributed by atoms with Crippen molar-refractivity contribution < 1.29 is 4.79 Å². The van der Waals surface area contributed by atoms with Gasteiger partial charge < -0.3 is 10.6 Å². The van der Waals surface area contributed by atoms with Gasteiger partial charge in [0.05, 0.1) is 0 Å². The number of rotatable bonds is 4. The second-order valence-corrected chi connectivity index (χ2v) is 6.05. The highest BCUT2D eigenvalue weighted by Crippen LogP contribution is 2.32. The summed E-state index contributed by atoms with van der Waals surface area (Å²) in [6.45, 7) is 6.46. The Kier molecular flexibility index (Phi) is 5.26. The monoisotopic (exact) mass is 260 g/mol. The Labute approximate surface area is 111 Å². The van der Waals surface area contributed by atoms with E-state index < -0.39 is 0 Å². The number of halogens is 1. The van der Waals surface area contributed by atoms with Gasteiger partial charge in [-0.15, -0.1) is 12.4 Å². The van der Waals surface area contributed by atoms with Crippen LogP contribution in [0.15, 0.2) is 0 Å². The van der Waals surface area contributed by atoms with Crippen molar-refractivity contribution in [2.24, 2.45) is 11.3 Å². The largest absolute Gasteiger partial charge is 0.355 e. The van der Waals surface area contributed by atoms with E-state index >= 15 is 0 Å². The molecule has 2 rings (SSSR count). The highest BCUT2D eigenvalue weighted by molar-refractivity contribution is 5.85. The molecule has 0 aromatic heterocycles. The molecule has 2 aliphatic rings. The Bertz CT molecular complexity index is 264. The summed E-state index contributed by atoms with van der Waals surface area (Å²) in [5.74, 6) is 0.929. The van der Waals surface area contributed by atoms with Crippen molar-refractivity contribution in [3.8, 4) is 0 Å². The van der Waals surface area contributed by atoms with Crippen LogP contribution >= 0.6 is 12.4 Å². The van der Waals surface area contributed by atoms with Crippen LogP contribution in [-0.4, -0.2) is 25.0 Å². The molecule has 1 atom stereocenters. The van der Waals surface area contributed by atoms with Crippen LogP contribution in [0.4, 0.5) is 0 Å². The summed E-state index contributed by atoms with van der Waals surface area (Å²) in [7, 11) is 0. The first-order chi connectivity index (χ1) is 7.58. The summed E-state index contributed by atoms with van der Waals surface area (Å²) in [5, 5.41) is 6.60. The van der Waals surface area contributed by atoms with E-state index in [1.807, 2.05) is 0 Å². The normalized spacial score (nSPS) is 27.1. The van der Waals surface area contributed by atoms with Gasteiger partial charge in [-0.25, -0.2) is 0 Å². The molecule has 1 aliphatic carbocycles. The minimum atomic E-state index is 0. The Balaban J connectivity index is 0.00000144. The molecule has 1 aliphatic heterocycles. The van der Waals surface area contributed by atoms with Gasteiger partial charge in [0.25, 0.3) is 0 Å². The Hall–Kier alpha value is -0.280. The smallest absolute Gasteiger partial charge is 0.220 e. The molecule has 17 heavy (non-hydrogen) atoms. The third-order valence-corrected chi connectivity index (χ3v) is 4.01. The summed E-state index contributed by atoms with van der Waals surface area (Å²) in [4.78, 5) is 11.6. The molecule has 3 nitrogen and oxygen atoms in total. The lowest BCUT2D eigenvalue weighted by molar-refractivity contribution is -0.121. The van der Waals surface area contributed by atoms with Gasteiger partial charge in [-0.1, -0.05) is 13.8 Å². The Morgan fingerprint density at radius 2 is 2.12 bits per heavy atom. The maximum atomic E-state index is 11.6. The summed E-state index contributed by atoms with van der Waals surface area (Å²) < 4.78 is 0. The maximum Gasteiger partial charge on any atom is 0.220 e. The molecule has 2 fully saturated rings. The van der Waals surface area contributed by atoms with Crippen LogP contribution in [0.5, 0.6) is 0 Å². The van der Waals surface area contributed by atoms with E-state index in [1.54, 1.807) is 0 Å². The Morgan fingerprint density at radius 1 is 1.41 bits per heavy atom. The van der Waals surface area contributed by atoms with Crippen LogP contribution in [0.25, 0.3) is 0 Å². The molecular weight excluding hydrogens is 236 g/mol. The predicted molar refractivity (Wildman–Crippen MR) is 72.4 cm³/mol. The summed E-state index contributed by atoms with van der Waals surface area (Å²) in [5.41, 5.74) is 0.311. The van der Waals surface area contributed by atoms with Crippen molar-refractivity contribution in [1.82, 2.24) is 10.6 Å². The summed E-state index contributed by atoms with van der Waals surface area (Å²) in [6.07, 6.45) is 5.75. The summed E-state index contributed by atoms with van der Waals surface area (Å²) >= 11 is 0.